The van der Waals surface area contributed by atoms with Gasteiger partial charge in [0.25, 0.3) is 5.91 Å². The van der Waals surface area contributed by atoms with Crippen molar-refractivity contribution in [1.82, 2.24) is 14.9 Å². The maximum absolute atomic E-state index is 12.1. The molecule has 0 atom stereocenters. The number of hydrogen-bond donors (Lipinski definition) is 2. The largest absolute Gasteiger partial charge is 0.379 e. The van der Waals surface area contributed by atoms with Crippen LogP contribution in [-0.4, -0.2) is 69.7 Å². The summed E-state index contributed by atoms with van der Waals surface area (Å²) in [5, 5.41) is 5.22. The number of benzene rings is 1. The van der Waals surface area contributed by atoms with E-state index in [0.29, 0.717) is 31.9 Å². The average Bonchev–Trinajstić information content (AvgIpc) is 2.63. The number of hydrogen-bond acceptors (Lipinski definition) is 5. The van der Waals surface area contributed by atoms with Crippen LogP contribution in [0.5, 0.6) is 0 Å². The van der Waals surface area contributed by atoms with Gasteiger partial charge >= 0.3 is 0 Å². The van der Waals surface area contributed by atoms with Gasteiger partial charge in [-0.1, -0.05) is 15.9 Å². The Labute approximate surface area is 161 Å². The maximum Gasteiger partial charge on any atom is 0.251 e. The van der Waals surface area contributed by atoms with Gasteiger partial charge in [-0.05, 0) is 24.3 Å². The first-order valence-corrected chi connectivity index (χ1v) is 10.6. The molecule has 0 saturated carbocycles. The second kappa shape index (κ2) is 10.0. The Morgan fingerprint density at radius 3 is 2.38 bits per heavy atom. The summed E-state index contributed by atoms with van der Waals surface area (Å²) in [5.74, 6) is -0.720. The first-order valence-electron chi connectivity index (χ1n) is 8.24. The van der Waals surface area contributed by atoms with E-state index in [9.17, 15) is 18.0 Å². The van der Waals surface area contributed by atoms with Gasteiger partial charge in [0.1, 0.15) is 0 Å². The van der Waals surface area contributed by atoms with Crippen LogP contribution in [0.1, 0.15) is 16.8 Å². The summed E-state index contributed by atoms with van der Waals surface area (Å²) in [7, 11) is -3.39. The van der Waals surface area contributed by atoms with E-state index in [1.54, 1.807) is 24.3 Å². The smallest absolute Gasteiger partial charge is 0.251 e. The molecule has 2 amide bonds. The lowest BCUT2D eigenvalue weighted by Crippen LogP contribution is -2.44. The Morgan fingerprint density at radius 1 is 1.08 bits per heavy atom. The molecule has 2 rings (SSSR count). The highest BCUT2D eigenvalue weighted by molar-refractivity contribution is 9.10. The lowest BCUT2D eigenvalue weighted by atomic mass is 10.2. The first kappa shape index (κ1) is 20.8. The van der Waals surface area contributed by atoms with Crippen LogP contribution in [0.3, 0.4) is 0 Å². The SMILES string of the molecule is O=C(CCNC(=O)c1ccc(Br)cc1)NCCS(=O)(=O)N1CCOCC1. The monoisotopic (exact) mass is 447 g/mol. The third kappa shape index (κ3) is 6.67. The van der Waals surface area contributed by atoms with Gasteiger partial charge in [-0.25, -0.2) is 8.42 Å². The van der Waals surface area contributed by atoms with E-state index < -0.39 is 10.0 Å². The fraction of sp³-hybridized carbons (Fsp3) is 0.500. The second-order valence-electron chi connectivity index (χ2n) is 5.69. The topological polar surface area (TPSA) is 105 Å². The average molecular weight is 448 g/mol. The summed E-state index contributed by atoms with van der Waals surface area (Å²) in [6, 6.07) is 6.87. The predicted molar refractivity (Wildman–Crippen MR) is 100 cm³/mol. The van der Waals surface area contributed by atoms with Crippen molar-refractivity contribution in [2.75, 3.05) is 45.1 Å². The van der Waals surface area contributed by atoms with Crippen LogP contribution in [0.4, 0.5) is 0 Å². The molecule has 0 aliphatic carbocycles. The van der Waals surface area contributed by atoms with Gasteiger partial charge in [-0.2, -0.15) is 4.31 Å². The molecule has 144 valence electrons. The minimum absolute atomic E-state index is 0.0409. The zero-order valence-corrected chi connectivity index (χ0v) is 16.6. The number of ether oxygens (including phenoxy) is 1. The highest BCUT2D eigenvalue weighted by Crippen LogP contribution is 2.10. The van der Waals surface area contributed by atoms with Crippen molar-refractivity contribution in [3.8, 4) is 0 Å². The fourth-order valence-corrected chi connectivity index (χ4v) is 3.94. The summed E-state index contributed by atoms with van der Waals surface area (Å²) >= 11 is 3.29. The highest BCUT2D eigenvalue weighted by atomic mass is 79.9. The summed E-state index contributed by atoms with van der Waals surface area (Å²) in [4.78, 5) is 23.7. The molecule has 0 aromatic heterocycles. The van der Waals surface area contributed by atoms with Crippen LogP contribution in [0.25, 0.3) is 0 Å². The fourth-order valence-electron chi connectivity index (χ4n) is 2.35. The van der Waals surface area contributed by atoms with Crippen LogP contribution in [0, 0.1) is 0 Å². The van der Waals surface area contributed by atoms with Gasteiger partial charge in [0.05, 0.1) is 19.0 Å². The number of halogens is 1. The minimum atomic E-state index is -3.39. The molecule has 1 saturated heterocycles. The lowest BCUT2D eigenvalue weighted by Gasteiger charge is -2.26. The van der Waals surface area contributed by atoms with E-state index in [-0.39, 0.29) is 37.1 Å². The Hall–Kier alpha value is -1.49. The van der Waals surface area contributed by atoms with Crippen LogP contribution < -0.4 is 10.6 Å². The van der Waals surface area contributed by atoms with Crippen molar-refractivity contribution in [2.24, 2.45) is 0 Å². The third-order valence-electron chi connectivity index (χ3n) is 3.79. The van der Waals surface area contributed by atoms with Gasteiger partial charge in [-0.15, -0.1) is 0 Å². The van der Waals surface area contributed by atoms with E-state index in [2.05, 4.69) is 26.6 Å². The van der Waals surface area contributed by atoms with Gasteiger partial charge in [0.15, 0.2) is 0 Å². The molecule has 1 heterocycles. The van der Waals surface area contributed by atoms with Crippen LogP contribution in [0.2, 0.25) is 0 Å². The van der Waals surface area contributed by atoms with Gasteiger partial charge in [-0.3, -0.25) is 9.59 Å². The molecular formula is C16H22BrN3O5S. The number of amides is 2. The number of rotatable bonds is 8. The van der Waals surface area contributed by atoms with Gasteiger partial charge in [0.2, 0.25) is 15.9 Å². The number of nitrogens with one attached hydrogen (secondary N) is 2. The van der Waals surface area contributed by atoms with E-state index in [4.69, 9.17) is 4.74 Å². The van der Waals surface area contributed by atoms with Crippen molar-refractivity contribution in [1.29, 1.82) is 0 Å². The van der Waals surface area contributed by atoms with Crippen LogP contribution in [0.15, 0.2) is 28.7 Å². The van der Waals surface area contributed by atoms with Crippen molar-refractivity contribution < 1.29 is 22.7 Å². The normalized spacial score (nSPS) is 15.4. The molecule has 8 nitrogen and oxygen atoms in total. The quantitative estimate of drug-likeness (QED) is 0.597. The lowest BCUT2D eigenvalue weighted by molar-refractivity contribution is -0.120. The van der Waals surface area contributed by atoms with E-state index in [0.717, 1.165) is 4.47 Å². The molecule has 1 aliphatic rings. The maximum atomic E-state index is 12.1. The van der Waals surface area contributed by atoms with E-state index in [1.807, 2.05) is 0 Å². The number of carbonyl (C=O) groups excluding carboxylic acids is 2. The zero-order valence-electron chi connectivity index (χ0n) is 14.2. The van der Waals surface area contributed by atoms with Crippen molar-refractivity contribution in [3.05, 3.63) is 34.3 Å². The molecule has 26 heavy (non-hydrogen) atoms. The number of carbonyl (C=O) groups is 2. The molecule has 0 spiro atoms. The molecule has 2 N–H and O–H groups in total. The van der Waals surface area contributed by atoms with Crippen LogP contribution >= 0.6 is 15.9 Å². The summed E-state index contributed by atoms with van der Waals surface area (Å²) < 4.78 is 31.6. The highest BCUT2D eigenvalue weighted by Gasteiger charge is 2.23. The predicted octanol–water partition coefficient (Wildman–Crippen LogP) is 0.347. The summed E-state index contributed by atoms with van der Waals surface area (Å²) in [6.07, 6.45) is 0.0832. The molecule has 0 radical (unpaired) electrons. The Morgan fingerprint density at radius 2 is 1.73 bits per heavy atom. The minimum Gasteiger partial charge on any atom is -0.379 e. The van der Waals surface area contributed by atoms with Crippen molar-refractivity contribution in [2.45, 2.75) is 6.42 Å². The second-order valence-corrected chi connectivity index (χ2v) is 8.69. The molecule has 0 bridgehead atoms. The van der Waals surface area contributed by atoms with E-state index >= 15 is 0 Å². The molecule has 0 unspecified atom stereocenters. The summed E-state index contributed by atoms with van der Waals surface area (Å²) in [6.45, 7) is 1.69. The number of morpholine rings is 1. The molecular weight excluding hydrogens is 426 g/mol. The van der Waals surface area contributed by atoms with Crippen LogP contribution in [-0.2, 0) is 19.6 Å². The number of nitrogens with zero attached hydrogens (tertiary/aromatic N) is 1. The molecule has 1 aliphatic heterocycles. The van der Waals surface area contributed by atoms with Crippen molar-refractivity contribution in [3.63, 3.8) is 0 Å². The summed E-state index contributed by atoms with van der Waals surface area (Å²) in [5.41, 5.74) is 0.505. The Bertz CT molecular complexity index is 718. The third-order valence-corrected chi connectivity index (χ3v) is 6.19. The molecule has 1 aromatic rings. The van der Waals surface area contributed by atoms with Gasteiger partial charge in [0, 0.05) is 42.6 Å². The molecule has 1 fully saturated rings. The van der Waals surface area contributed by atoms with Gasteiger partial charge < -0.3 is 15.4 Å². The Balaban J connectivity index is 1.64. The zero-order chi connectivity index (χ0) is 19.0. The standard InChI is InChI=1S/C16H22BrN3O5S/c17-14-3-1-13(2-4-14)16(22)19-6-5-15(21)18-7-12-26(23,24)20-8-10-25-11-9-20/h1-4H,5-12H2,(H,18,21)(H,19,22). The van der Waals surface area contributed by atoms with E-state index in [1.165, 1.54) is 4.31 Å². The van der Waals surface area contributed by atoms with Crippen molar-refractivity contribution >= 4 is 37.8 Å². The molecule has 10 heteroatoms. The number of sulfonamides is 1. The molecule has 1 aromatic carbocycles. The Kier molecular flexibility index (Phi) is 8.01. The first-order chi connectivity index (χ1) is 12.4.